The highest BCUT2D eigenvalue weighted by Crippen LogP contribution is 2.10. The molecule has 1 aromatic carbocycles. The lowest BCUT2D eigenvalue weighted by Crippen LogP contribution is -2.30. The monoisotopic (exact) mass is 263 g/mol. The molecule has 3 heteroatoms. The minimum atomic E-state index is 0.162. The number of rotatable bonds is 7. The van der Waals surface area contributed by atoms with Crippen molar-refractivity contribution >= 4 is 5.78 Å². The number of hydrogen-bond donors (Lipinski definition) is 0. The van der Waals surface area contributed by atoms with E-state index in [1.807, 2.05) is 50.9 Å². The fourth-order valence-corrected chi connectivity index (χ4v) is 1.77. The number of hydrogen-bond acceptors (Lipinski definition) is 3. The first-order valence-corrected chi connectivity index (χ1v) is 6.80. The number of carbonyl (C=O) groups is 1. The maximum absolute atomic E-state index is 12.1. The number of nitrogens with zero attached hydrogens (tertiary/aromatic N) is 1. The van der Waals surface area contributed by atoms with Gasteiger partial charge in [0.1, 0.15) is 0 Å². The highest BCUT2D eigenvalue weighted by atomic mass is 16.5. The topological polar surface area (TPSA) is 29.5 Å². The zero-order valence-electron chi connectivity index (χ0n) is 12.7. The summed E-state index contributed by atoms with van der Waals surface area (Å²) >= 11 is 0. The molecule has 0 aliphatic heterocycles. The lowest BCUT2D eigenvalue weighted by molar-refractivity contribution is 0.0619. The van der Waals surface area contributed by atoms with Crippen molar-refractivity contribution in [2.45, 2.75) is 33.8 Å². The first-order valence-electron chi connectivity index (χ1n) is 6.80. The van der Waals surface area contributed by atoms with Gasteiger partial charge in [-0.2, -0.15) is 0 Å². The fourth-order valence-electron chi connectivity index (χ4n) is 1.77. The molecule has 0 radical (unpaired) electrons. The van der Waals surface area contributed by atoms with Crippen LogP contribution in [0.4, 0.5) is 0 Å². The van der Waals surface area contributed by atoms with Crippen LogP contribution in [0.25, 0.3) is 0 Å². The zero-order valence-corrected chi connectivity index (χ0v) is 12.7. The summed E-state index contributed by atoms with van der Waals surface area (Å²) in [4.78, 5) is 14.1. The van der Waals surface area contributed by atoms with Gasteiger partial charge in [-0.25, -0.2) is 0 Å². The Hall–Kier alpha value is -1.19. The Morgan fingerprint density at radius 3 is 2.53 bits per heavy atom. The molecule has 0 atom stereocenters. The van der Waals surface area contributed by atoms with Gasteiger partial charge in [0.15, 0.2) is 5.78 Å². The van der Waals surface area contributed by atoms with Gasteiger partial charge in [0.05, 0.1) is 19.3 Å². The number of ketones is 1. The van der Waals surface area contributed by atoms with Gasteiger partial charge in [0.2, 0.25) is 0 Å². The number of aryl methyl sites for hydroxylation is 2. The summed E-state index contributed by atoms with van der Waals surface area (Å²) in [5, 5.41) is 0. The maximum atomic E-state index is 12.1. The molecule has 0 unspecified atom stereocenters. The van der Waals surface area contributed by atoms with Gasteiger partial charge >= 0.3 is 0 Å². The van der Waals surface area contributed by atoms with Crippen molar-refractivity contribution in [2.24, 2.45) is 0 Å². The predicted molar refractivity (Wildman–Crippen MR) is 78.8 cm³/mol. The van der Waals surface area contributed by atoms with E-state index in [0.29, 0.717) is 13.2 Å². The summed E-state index contributed by atoms with van der Waals surface area (Å²) in [6.45, 7) is 9.98. The largest absolute Gasteiger partial charge is 0.377 e. The number of Topliss-reactive ketones (excluding diaryl/α,β-unsaturated/α-hetero) is 1. The van der Waals surface area contributed by atoms with Crippen molar-refractivity contribution in [3.05, 3.63) is 34.9 Å². The highest BCUT2D eigenvalue weighted by molar-refractivity contribution is 5.97. The molecule has 3 nitrogen and oxygen atoms in total. The second kappa shape index (κ2) is 7.41. The van der Waals surface area contributed by atoms with E-state index in [1.165, 1.54) is 5.56 Å². The standard InChI is InChI=1S/C16H25NO2/c1-12(2)19-9-8-17(5)11-16(18)15-7-6-13(3)14(4)10-15/h6-7,10,12H,8-9,11H2,1-5H3. The molecule has 0 saturated heterocycles. The number of carbonyl (C=O) groups excluding carboxylic acids is 1. The summed E-state index contributed by atoms with van der Waals surface area (Å²) in [6, 6.07) is 5.88. The van der Waals surface area contributed by atoms with Gasteiger partial charge in [-0.3, -0.25) is 9.69 Å². The van der Waals surface area contributed by atoms with Crippen molar-refractivity contribution in [1.82, 2.24) is 4.90 Å². The summed E-state index contributed by atoms with van der Waals surface area (Å²) in [6.07, 6.45) is 0.240. The SMILES string of the molecule is Cc1ccc(C(=O)CN(C)CCOC(C)C)cc1C. The summed E-state index contributed by atoms with van der Waals surface area (Å²) < 4.78 is 5.48. The van der Waals surface area contributed by atoms with Crippen LogP contribution < -0.4 is 0 Å². The lowest BCUT2D eigenvalue weighted by atomic mass is 10.0. The Labute approximate surface area is 116 Å². The summed E-state index contributed by atoms with van der Waals surface area (Å²) in [5.41, 5.74) is 3.17. The van der Waals surface area contributed by atoms with Crippen molar-refractivity contribution in [2.75, 3.05) is 26.7 Å². The third kappa shape index (κ3) is 5.53. The molecule has 0 amide bonds. The molecular formula is C16H25NO2. The summed E-state index contributed by atoms with van der Waals surface area (Å²) in [5.74, 6) is 0.162. The Kier molecular flexibility index (Phi) is 6.19. The third-order valence-electron chi connectivity index (χ3n) is 3.17. The zero-order chi connectivity index (χ0) is 14.4. The Morgan fingerprint density at radius 1 is 1.26 bits per heavy atom. The molecule has 0 spiro atoms. The van der Waals surface area contributed by atoms with E-state index < -0.39 is 0 Å². The molecule has 1 rings (SSSR count). The van der Waals surface area contributed by atoms with Gasteiger partial charge in [-0.05, 0) is 51.9 Å². The fraction of sp³-hybridized carbons (Fsp3) is 0.562. The third-order valence-corrected chi connectivity index (χ3v) is 3.17. The van der Waals surface area contributed by atoms with Crippen molar-refractivity contribution in [3.63, 3.8) is 0 Å². The normalized spacial score (nSPS) is 11.3. The maximum Gasteiger partial charge on any atom is 0.176 e. The molecule has 0 fully saturated rings. The van der Waals surface area contributed by atoms with Crippen molar-refractivity contribution in [1.29, 1.82) is 0 Å². The Balaban J connectivity index is 2.47. The number of likely N-dealkylation sites (N-methyl/N-ethyl adjacent to an activating group) is 1. The average molecular weight is 263 g/mol. The quantitative estimate of drug-likeness (QED) is 0.708. The van der Waals surface area contributed by atoms with Crippen LogP contribution in [-0.4, -0.2) is 43.5 Å². The number of benzene rings is 1. The molecule has 106 valence electrons. The molecule has 0 aliphatic carbocycles. The van der Waals surface area contributed by atoms with Crippen molar-refractivity contribution in [3.8, 4) is 0 Å². The van der Waals surface area contributed by atoms with Crippen LogP contribution >= 0.6 is 0 Å². The van der Waals surface area contributed by atoms with Gasteiger partial charge in [-0.1, -0.05) is 12.1 Å². The number of ether oxygens (including phenoxy) is 1. The Morgan fingerprint density at radius 2 is 1.95 bits per heavy atom. The first kappa shape index (κ1) is 15.9. The molecular weight excluding hydrogens is 238 g/mol. The van der Waals surface area contributed by atoms with Crippen LogP contribution in [0.5, 0.6) is 0 Å². The summed E-state index contributed by atoms with van der Waals surface area (Å²) in [7, 11) is 1.95. The lowest BCUT2D eigenvalue weighted by Gasteiger charge is -2.17. The molecule has 0 N–H and O–H groups in total. The molecule has 19 heavy (non-hydrogen) atoms. The molecule has 0 aliphatic rings. The highest BCUT2D eigenvalue weighted by Gasteiger charge is 2.10. The van der Waals surface area contributed by atoms with Crippen LogP contribution in [-0.2, 0) is 4.74 Å². The van der Waals surface area contributed by atoms with Crippen LogP contribution in [0, 0.1) is 13.8 Å². The van der Waals surface area contributed by atoms with Crippen LogP contribution in [0.1, 0.15) is 35.3 Å². The average Bonchev–Trinajstić information content (AvgIpc) is 2.32. The smallest absolute Gasteiger partial charge is 0.176 e. The van der Waals surface area contributed by atoms with E-state index in [2.05, 4.69) is 6.92 Å². The van der Waals surface area contributed by atoms with Gasteiger partial charge < -0.3 is 4.74 Å². The van der Waals surface area contributed by atoms with Gasteiger partial charge in [-0.15, -0.1) is 0 Å². The Bertz CT molecular complexity index is 427. The van der Waals surface area contributed by atoms with Gasteiger partial charge in [0.25, 0.3) is 0 Å². The van der Waals surface area contributed by atoms with E-state index in [-0.39, 0.29) is 11.9 Å². The predicted octanol–water partition coefficient (Wildman–Crippen LogP) is 2.84. The van der Waals surface area contributed by atoms with E-state index in [0.717, 1.165) is 17.7 Å². The molecule has 0 saturated carbocycles. The van der Waals surface area contributed by atoms with E-state index in [1.54, 1.807) is 0 Å². The van der Waals surface area contributed by atoms with Gasteiger partial charge in [0, 0.05) is 12.1 Å². The van der Waals surface area contributed by atoms with E-state index in [4.69, 9.17) is 4.74 Å². The molecule has 0 heterocycles. The van der Waals surface area contributed by atoms with Crippen LogP contribution in [0.2, 0.25) is 0 Å². The van der Waals surface area contributed by atoms with Crippen molar-refractivity contribution < 1.29 is 9.53 Å². The molecule has 0 bridgehead atoms. The van der Waals surface area contributed by atoms with Crippen LogP contribution in [0.15, 0.2) is 18.2 Å². The van der Waals surface area contributed by atoms with E-state index >= 15 is 0 Å². The minimum Gasteiger partial charge on any atom is -0.377 e. The second-order valence-corrected chi connectivity index (χ2v) is 5.38. The minimum absolute atomic E-state index is 0.162. The first-order chi connectivity index (χ1) is 8.90. The van der Waals surface area contributed by atoms with Crippen LogP contribution in [0.3, 0.4) is 0 Å². The second-order valence-electron chi connectivity index (χ2n) is 5.38. The van der Waals surface area contributed by atoms with E-state index in [9.17, 15) is 4.79 Å². The molecule has 0 aromatic heterocycles. The molecule has 1 aromatic rings.